The van der Waals surface area contributed by atoms with Crippen molar-refractivity contribution in [1.82, 2.24) is 9.55 Å². The van der Waals surface area contributed by atoms with Gasteiger partial charge in [0, 0.05) is 12.6 Å². The Hall–Kier alpha value is -1.14. The topological polar surface area (TPSA) is 53.1 Å². The van der Waals surface area contributed by atoms with Gasteiger partial charge in [-0.2, -0.15) is 0 Å². The molecule has 0 aliphatic carbocycles. The van der Waals surface area contributed by atoms with Crippen molar-refractivity contribution in [2.45, 2.75) is 26.5 Å². The molecule has 0 aliphatic heterocycles. The Kier molecular flexibility index (Phi) is 3.87. The van der Waals surface area contributed by atoms with Crippen molar-refractivity contribution in [1.29, 1.82) is 0 Å². The number of aromatic nitrogens is 2. The molecule has 1 aromatic heterocycles. The first-order valence-electron chi connectivity index (χ1n) is 5.71. The van der Waals surface area contributed by atoms with Crippen LogP contribution in [-0.4, -0.2) is 22.3 Å². The van der Waals surface area contributed by atoms with Crippen LogP contribution in [0.2, 0.25) is 0 Å². The molecule has 0 bridgehead atoms. The maximum absolute atomic E-state index is 13.5. The number of anilines is 1. The van der Waals surface area contributed by atoms with Crippen LogP contribution in [0.25, 0.3) is 11.0 Å². The molecule has 4 nitrogen and oxygen atoms in total. The highest BCUT2D eigenvalue weighted by Crippen LogP contribution is 2.24. The van der Waals surface area contributed by atoms with E-state index in [4.69, 9.17) is 10.5 Å². The second-order valence-corrected chi connectivity index (χ2v) is 5.15. The number of halogens is 2. The number of ether oxygens (including phenoxy) is 1. The smallest absolute Gasteiger partial charge is 0.201 e. The Morgan fingerprint density at radius 1 is 1.50 bits per heavy atom. The summed E-state index contributed by atoms with van der Waals surface area (Å²) < 4.78 is 21.1. The fraction of sp³-hybridized carbons (Fsp3) is 0.417. The fourth-order valence-electron chi connectivity index (χ4n) is 1.75. The molecule has 6 heteroatoms. The molecule has 1 heterocycles. The Balaban J connectivity index is 2.31. The molecule has 2 N–H and O–H groups in total. The van der Waals surface area contributed by atoms with Gasteiger partial charge in [0.2, 0.25) is 5.95 Å². The van der Waals surface area contributed by atoms with Crippen LogP contribution in [0.4, 0.5) is 10.3 Å². The van der Waals surface area contributed by atoms with Gasteiger partial charge < -0.3 is 15.0 Å². The Morgan fingerprint density at radius 2 is 2.22 bits per heavy atom. The molecule has 0 aliphatic rings. The van der Waals surface area contributed by atoms with Crippen LogP contribution in [0.1, 0.15) is 13.8 Å². The molecule has 1 aromatic carbocycles. The third-order valence-electron chi connectivity index (χ3n) is 2.59. The summed E-state index contributed by atoms with van der Waals surface area (Å²) in [6.07, 6.45) is 0.159. The molecule has 0 atom stereocenters. The third kappa shape index (κ3) is 2.64. The first-order chi connectivity index (χ1) is 8.49. The van der Waals surface area contributed by atoms with Gasteiger partial charge in [-0.1, -0.05) is 0 Å². The number of hydrogen-bond donors (Lipinski definition) is 1. The number of nitrogens with zero attached hydrogens (tertiary/aromatic N) is 2. The maximum atomic E-state index is 13.5. The summed E-state index contributed by atoms with van der Waals surface area (Å²) >= 11 is 3.13. The summed E-state index contributed by atoms with van der Waals surface area (Å²) in [4.78, 5) is 4.20. The minimum atomic E-state index is -0.326. The Bertz CT molecular complexity index is 568. The molecule has 0 unspecified atom stereocenters. The minimum Gasteiger partial charge on any atom is -0.377 e. The highest BCUT2D eigenvalue weighted by atomic mass is 79.9. The quantitative estimate of drug-likeness (QED) is 0.943. The van der Waals surface area contributed by atoms with Crippen molar-refractivity contribution in [2.24, 2.45) is 0 Å². The predicted molar refractivity (Wildman–Crippen MR) is 72.9 cm³/mol. The van der Waals surface area contributed by atoms with Crippen molar-refractivity contribution in [3.05, 3.63) is 22.4 Å². The minimum absolute atomic E-state index is 0.159. The summed E-state index contributed by atoms with van der Waals surface area (Å²) in [5.41, 5.74) is 7.18. The number of fused-ring (bicyclic) bond motifs is 1. The number of hydrogen-bond acceptors (Lipinski definition) is 3. The van der Waals surface area contributed by atoms with Gasteiger partial charge in [0.05, 0.1) is 28.2 Å². The molecule has 0 saturated carbocycles. The van der Waals surface area contributed by atoms with E-state index in [0.717, 1.165) is 0 Å². The van der Waals surface area contributed by atoms with E-state index < -0.39 is 0 Å². The van der Waals surface area contributed by atoms with Crippen molar-refractivity contribution in [3.8, 4) is 0 Å². The lowest BCUT2D eigenvalue weighted by Gasteiger charge is -2.09. The molecule has 0 fully saturated rings. The summed E-state index contributed by atoms with van der Waals surface area (Å²) in [6, 6.07) is 3.05. The second kappa shape index (κ2) is 5.24. The van der Waals surface area contributed by atoms with E-state index >= 15 is 0 Å². The van der Waals surface area contributed by atoms with Crippen LogP contribution in [0.15, 0.2) is 16.6 Å². The van der Waals surface area contributed by atoms with Gasteiger partial charge in [0.15, 0.2) is 0 Å². The van der Waals surface area contributed by atoms with Crippen molar-refractivity contribution >= 4 is 32.9 Å². The van der Waals surface area contributed by atoms with Gasteiger partial charge in [-0.25, -0.2) is 9.37 Å². The monoisotopic (exact) mass is 315 g/mol. The zero-order valence-corrected chi connectivity index (χ0v) is 11.9. The number of imidazole rings is 1. The number of nitrogen functional groups attached to an aromatic ring is 1. The van der Waals surface area contributed by atoms with Crippen LogP contribution in [-0.2, 0) is 11.3 Å². The summed E-state index contributed by atoms with van der Waals surface area (Å²) in [6.45, 7) is 5.00. The summed E-state index contributed by atoms with van der Waals surface area (Å²) in [7, 11) is 0. The van der Waals surface area contributed by atoms with Crippen LogP contribution in [0.3, 0.4) is 0 Å². The van der Waals surface area contributed by atoms with E-state index in [9.17, 15) is 4.39 Å². The average Bonchev–Trinajstić information content (AvgIpc) is 2.56. The largest absolute Gasteiger partial charge is 0.377 e. The molecule has 0 radical (unpaired) electrons. The Morgan fingerprint density at radius 3 is 2.89 bits per heavy atom. The van der Waals surface area contributed by atoms with Gasteiger partial charge in [0.1, 0.15) is 5.82 Å². The molecule has 0 saturated heterocycles. The van der Waals surface area contributed by atoms with E-state index in [2.05, 4.69) is 20.9 Å². The molecule has 0 amide bonds. The zero-order chi connectivity index (χ0) is 13.3. The van der Waals surface area contributed by atoms with E-state index in [1.807, 2.05) is 13.8 Å². The van der Waals surface area contributed by atoms with Crippen LogP contribution < -0.4 is 5.73 Å². The molecular formula is C12H15BrFN3O. The standard InChI is InChI=1S/C12H15BrFN3O/c1-7(2)18-4-3-17-11-6-9(14)8(13)5-10(11)16-12(17)15/h5-7H,3-4H2,1-2H3,(H2,15,16). The first kappa shape index (κ1) is 13.3. The van der Waals surface area contributed by atoms with E-state index in [1.165, 1.54) is 6.07 Å². The second-order valence-electron chi connectivity index (χ2n) is 4.30. The molecule has 98 valence electrons. The van der Waals surface area contributed by atoms with E-state index in [1.54, 1.807) is 10.6 Å². The number of nitrogens with two attached hydrogens (primary N) is 1. The number of benzene rings is 1. The summed E-state index contributed by atoms with van der Waals surface area (Å²) in [5, 5.41) is 0. The molecule has 0 spiro atoms. The van der Waals surface area contributed by atoms with Gasteiger partial charge in [0.25, 0.3) is 0 Å². The zero-order valence-electron chi connectivity index (χ0n) is 10.3. The van der Waals surface area contributed by atoms with E-state index in [-0.39, 0.29) is 11.9 Å². The molecule has 2 rings (SSSR count). The lowest BCUT2D eigenvalue weighted by Crippen LogP contribution is -2.12. The average molecular weight is 316 g/mol. The molecular weight excluding hydrogens is 301 g/mol. The van der Waals surface area contributed by atoms with Crippen LogP contribution in [0.5, 0.6) is 0 Å². The van der Waals surface area contributed by atoms with Gasteiger partial charge in [-0.3, -0.25) is 0 Å². The van der Waals surface area contributed by atoms with Crippen LogP contribution in [0, 0.1) is 5.82 Å². The fourth-order valence-corrected chi connectivity index (χ4v) is 2.08. The molecule has 18 heavy (non-hydrogen) atoms. The Labute approximate surface area is 113 Å². The van der Waals surface area contributed by atoms with Crippen LogP contribution >= 0.6 is 15.9 Å². The number of rotatable bonds is 4. The van der Waals surface area contributed by atoms with Gasteiger partial charge >= 0.3 is 0 Å². The third-order valence-corrected chi connectivity index (χ3v) is 3.19. The lowest BCUT2D eigenvalue weighted by molar-refractivity contribution is 0.0735. The van der Waals surface area contributed by atoms with Gasteiger partial charge in [-0.05, 0) is 35.8 Å². The van der Waals surface area contributed by atoms with Crippen molar-refractivity contribution in [2.75, 3.05) is 12.3 Å². The maximum Gasteiger partial charge on any atom is 0.201 e. The first-order valence-corrected chi connectivity index (χ1v) is 6.50. The lowest BCUT2D eigenvalue weighted by atomic mass is 10.3. The summed E-state index contributed by atoms with van der Waals surface area (Å²) in [5.74, 6) is 0.0447. The highest BCUT2D eigenvalue weighted by molar-refractivity contribution is 9.10. The highest BCUT2D eigenvalue weighted by Gasteiger charge is 2.11. The normalized spacial score (nSPS) is 11.6. The van der Waals surface area contributed by atoms with Gasteiger partial charge in [-0.15, -0.1) is 0 Å². The van der Waals surface area contributed by atoms with Crippen molar-refractivity contribution < 1.29 is 9.13 Å². The molecule has 2 aromatic rings. The SMILES string of the molecule is CC(C)OCCn1c(N)nc2cc(Br)c(F)cc21. The predicted octanol–water partition coefficient (Wildman–Crippen LogP) is 2.95. The van der Waals surface area contributed by atoms with E-state index in [0.29, 0.717) is 34.6 Å². The van der Waals surface area contributed by atoms with Crippen molar-refractivity contribution in [3.63, 3.8) is 0 Å².